The van der Waals surface area contributed by atoms with E-state index in [0.29, 0.717) is 18.2 Å². The second-order valence-corrected chi connectivity index (χ2v) is 6.81. The third-order valence-corrected chi connectivity index (χ3v) is 5.93. The molecule has 3 rings (SSSR count). The molecule has 0 fully saturated rings. The first-order chi connectivity index (χ1) is 9.70. The van der Waals surface area contributed by atoms with Crippen LogP contribution >= 0.6 is 38.9 Å². The van der Waals surface area contributed by atoms with Gasteiger partial charge in [-0.1, -0.05) is 34.5 Å². The Hall–Kier alpha value is -0.710. The van der Waals surface area contributed by atoms with E-state index < -0.39 is 0 Å². The van der Waals surface area contributed by atoms with Crippen LogP contribution in [0.25, 0.3) is 0 Å². The van der Waals surface area contributed by atoms with Gasteiger partial charge in [0.1, 0.15) is 13.2 Å². The van der Waals surface area contributed by atoms with Crippen LogP contribution in [-0.2, 0) is 6.42 Å². The summed E-state index contributed by atoms with van der Waals surface area (Å²) in [6.07, 6.45) is 1.02. The molecule has 1 unspecified atom stereocenters. The summed E-state index contributed by atoms with van der Waals surface area (Å²) in [5.74, 6) is 1.50. The van der Waals surface area contributed by atoms with Gasteiger partial charge in [-0.3, -0.25) is 0 Å². The Bertz CT molecular complexity index is 626. The van der Waals surface area contributed by atoms with Gasteiger partial charge < -0.3 is 9.47 Å². The lowest BCUT2D eigenvalue weighted by Crippen LogP contribution is -2.15. The molecule has 1 aromatic carbocycles. The van der Waals surface area contributed by atoms with Gasteiger partial charge in [-0.05, 0) is 35.1 Å². The normalized spacial score (nSPS) is 15.2. The lowest BCUT2D eigenvalue weighted by molar-refractivity contribution is 0.171. The molecule has 0 bridgehead atoms. The van der Waals surface area contributed by atoms with Crippen molar-refractivity contribution < 1.29 is 9.47 Å². The number of rotatable bonds is 3. The summed E-state index contributed by atoms with van der Waals surface area (Å²) in [5.41, 5.74) is 2.37. The Morgan fingerprint density at radius 1 is 1.30 bits per heavy atom. The molecule has 5 heteroatoms. The van der Waals surface area contributed by atoms with Gasteiger partial charge in [-0.15, -0.1) is 11.3 Å². The molecule has 20 heavy (non-hydrogen) atoms. The molecule has 2 nitrogen and oxygen atoms in total. The van der Waals surface area contributed by atoms with E-state index >= 15 is 0 Å². The second-order valence-electron chi connectivity index (χ2n) is 4.54. The number of ether oxygens (including phenoxy) is 2. The summed E-state index contributed by atoms with van der Waals surface area (Å²) < 4.78 is 11.2. The first-order valence-corrected chi connectivity index (χ1v) is 8.67. The molecule has 2 heterocycles. The molecule has 1 aromatic heterocycles. The van der Waals surface area contributed by atoms with Crippen LogP contribution in [0.15, 0.2) is 23.6 Å². The third kappa shape index (κ3) is 2.57. The summed E-state index contributed by atoms with van der Waals surface area (Å²) >= 11 is 11.9. The lowest BCUT2D eigenvalue weighted by Gasteiger charge is -2.21. The van der Waals surface area contributed by atoms with Gasteiger partial charge in [-0.2, -0.15) is 0 Å². The summed E-state index contributed by atoms with van der Waals surface area (Å²) in [6.45, 7) is 3.32. The Kier molecular flexibility index (Phi) is 4.24. The summed E-state index contributed by atoms with van der Waals surface area (Å²) in [7, 11) is 0. The number of thiophene rings is 1. The third-order valence-electron chi connectivity index (χ3n) is 3.33. The first-order valence-electron chi connectivity index (χ1n) is 6.50. The second kappa shape index (κ2) is 5.96. The SMILES string of the molecule is CCc1ccsc1C(Br)c1cc2c(cc1Cl)OCCO2. The average molecular weight is 374 g/mol. The van der Waals surface area contributed by atoms with E-state index in [4.69, 9.17) is 21.1 Å². The van der Waals surface area contributed by atoms with Crippen molar-refractivity contribution in [3.63, 3.8) is 0 Å². The monoisotopic (exact) mass is 372 g/mol. The quantitative estimate of drug-likeness (QED) is 0.687. The molecular formula is C15H14BrClO2S. The fourth-order valence-electron chi connectivity index (χ4n) is 2.28. The van der Waals surface area contributed by atoms with Crippen LogP contribution in [0.2, 0.25) is 5.02 Å². The number of hydrogen-bond acceptors (Lipinski definition) is 3. The smallest absolute Gasteiger partial charge is 0.162 e. The van der Waals surface area contributed by atoms with Crippen LogP contribution in [-0.4, -0.2) is 13.2 Å². The zero-order valence-corrected chi connectivity index (χ0v) is 14.1. The number of benzene rings is 1. The molecule has 0 N–H and O–H groups in total. The van der Waals surface area contributed by atoms with Gasteiger partial charge in [0.15, 0.2) is 11.5 Å². The molecule has 0 amide bonds. The van der Waals surface area contributed by atoms with Gasteiger partial charge in [0.25, 0.3) is 0 Å². The van der Waals surface area contributed by atoms with Gasteiger partial charge in [0.2, 0.25) is 0 Å². The van der Waals surface area contributed by atoms with Crippen LogP contribution in [0.4, 0.5) is 0 Å². The highest BCUT2D eigenvalue weighted by atomic mass is 79.9. The van der Waals surface area contributed by atoms with Crippen molar-refractivity contribution in [2.24, 2.45) is 0 Å². The van der Waals surface area contributed by atoms with Gasteiger partial charge in [0, 0.05) is 16.0 Å². The largest absolute Gasteiger partial charge is 0.486 e. The number of aryl methyl sites for hydroxylation is 1. The Balaban J connectivity index is 2.01. The fourth-order valence-corrected chi connectivity index (χ4v) is 4.66. The molecule has 106 valence electrons. The van der Waals surface area contributed by atoms with E-state index in [1.165, 1.54) is 10.4 Å². The average Bonchev–Trinajstić information content (AvgIpc) is 2.94. The topological polar surface area (TPSA) is 18.5 Å². The Morgan fingerprint density at radius 2 is 2.00 bits per heavy atom. The first kappa shape index (κ1) is 14.2. The summed E-state index contributed by atoms with van der Waals surface area (Å²) in [4.78, 5) is 1.38. The predicted octanol–water partition coefficient (Wildman–Crippen LogP) is 5.22. The molecule has 1 atom stereocenters. The van der Waals surface area contributed by atoms with E-state index in [9.17, 15) is 0 Å². The van der Waals surface area contributed by atoms with Crippen LogP contribution in [0.5, 0.6) is 11.5 Å². The van der Waals surface area contributed by atoms with Crippen LogP contribution < -0.4 is 9.47 Å². The van der Waals surface area contributed by atoms with E-state index in [1.54, 1.807) is 11.3 Å². The molecule has 0 spiro atoms. The zero-order chi connectivity index (χ0) is 14.1. The lowest BCUT2D eigenvalue weighted by atomic mass is 10.1. The molecular weight excluding hydrogens is 360 g/mol. The summed E-state index contributed by atoms with van der Waals surface area (Å²) in [6, 6.07) is 5.99. The summed E-state index contributed by atoms with van der Waals surface area (Å²) in [5, 5.41) is 2.82. The maximum atomic E-state index is 6.41. The molecule has 2 aromatic rings. The molecule has 0 radical (unpaired) electrons. The Morgan fingerprint density at radius 3 is 2.70 bits per heavy atom. The molecule has 0 aliphatic carbocycles. The van der Waals surface area contributed by atoms with Crippen molar-refractivity contribution in [1.29, 1.82) is 0 Å². The van der Waals surface area contributed by atoms with Gasteiger partial charge >= 0.3 is 0 Å². The Labute approximate surface area is 135 Å². The number of fused-ring (bicyclic) bond motifs is 1. The predicted molar refractivity (Wildman–Crippen MR) is 86.9 cm³/mol. The van der Waals surface area contributed by atoms with Crippen LogP contribution in [0.1, 0.15) is 27.8 Å². The highest BCUT2D eigenvalue weighted by molar-refractivity contribution is 9.09. The maximum absolute atomic E-state index is 6.41. The minimum absolute atomic E-state index is 0.0841. The van der Waals surface area contributed by atoms with Crippen molar-refractivity contribution in [1.82, 2.24) is 0 Å². The van der Waals surface area contributed by atoms with E-state index in [-0.39, 0.29) is 4.83 Å². The van der Waals surface area contributed by atoms with Crippen molar-refractivity contribution in [2.75, 3.05) is 13.2 Å². The minimum Gasteiger partial charge on any atom is -0.486 e. The minimum atomic E-state index is 0.0841. The van der Waals surface area contributed by atoms with Crippen LogP contribution in [0, 0.1) is 0 Å². The van der Waals surface area contributed by atoms with Gasteiger partial charge in [-0.25, -0.2) is 0 Å². The number of hydrogen-bond donors (Lipinski definition) is 0. The van der Waals surface area contributed by atoms with E-state index in [1.807, 2.05) is 12.1 Å². The van der Waals surface area contributed by atoms with E-state index in [2.05, 4.69) is 34.3 Å². The standard InChI is InChI=1S/C15H14BrClO2S/c1-2-9-3-6-20-15(9)14(16)10-7-12-13(8-11(10)17)19-5-4-18-12/h3,6-8,14H,2,4-5H2,1H3. The zero-order valence-electron chi connectivity index (χ0n) is 11.0. The molecule has 0 saturated heterocycles. The molecule has 0 saturated carbocycles. The number of halogens is 2. The highest BCUT2D eigenvalue weighted by Crippen LogP contribution is 2.44. The van der Waals surface area contributed by atoms with Crippen molar-refractivity contribution in [3.05, 3.63) is 44.6 Å². The highest BCUT2D eigenvalue weighted by Gasteiger charge is 2.22. The molecule has 1 aliphatic heterocycles. The van der Waals surface area contributed by atoms with Crippen molar-refractivity contribution in [2.45, 2.75) is 18.2 Å². The van der Waals surface area contributed by atoms with E-state index in [0.717, 1.165) is 23.5 Å². The fraction of sp³-hybridized carbons (Fsp3) is 0.333. The van der Waals surface area contributed by atoms with Crippen molar-refractivity contribution >= 4 is 38.9 Å². The molecule has 1 aliphatic rings. The van der Waals surface area contributed by atoms with Crippen molar-refractivity contribution in [3.8, 4) is 11.5 Å². The van der Waals surface area contributed by atoms with Crippen LogP contribution in [0.3, 0.4) is 0 Å². The maximum Gasteiger partial charge on any atom is 0.162 e. The number of alkyl halides is 1. The van der Waals surface area contributed by atoms with Gasteiger partial charge in [0.05, 0.1) is 4.83 Å².